The van der Waals surface area contributed by atoms with Crippen molar-refractivity contribution in [3.8, 4) is 0 Å². The highest BCUT2D eigenvalue weighted by molar-refractivity contribution is 5.01. The molecule has 5 heteroatoms. The zero-order valence-electron chi connectivity index (χ0n) is 10.1. The van der Waals surface area contributed by atoms with Gasteiger partial charge in [-0.05, 0) is 25.8 Å². The fourth-order valence-corrected chi connectivity index (χ4v) is 2.65. The molecule has 3 rings (SSSR count). The summed E-state index contributed by atoms with van der Waals surface area (Å²) in [5.74, 6) is 2.36. The van der Waals surface area contributed by atoms with Gasteiger partial charge in [-0.3, -0.25) is 5.10 Å². The lowest BCUT2D eigenvalue weighted by Gasteiger charge is -2.22. The van der Waals surface area contributed by atoms with Crippen LogP contribution < -0.4 is 5.32 Å². The van der Waals surface area contributed by atoms with E-state index < -0.39 is 0 Å². The first kappa shape index (κ1) is 11.2. The normalized spacial score (nSPS) is 29.6. The molecule has 0 radical (unpaired) electrons. The second kappa shape index (κ2) is 5.14. The molecule has 2 aliphatic heterocycles. The van der Waals surface area contributed by atoms with Crippen molar-refractivity contribution in [1.82, 2.24) is 20.5 Å². The quantitative estimate of drug-likeness (QED) is 0.821. The molecule has 2 aliphatic rings. The molecule has 2 N–H and O–H groups in total. The molecule has 1 aromatic rings. The van der Waals surface area contributed by atoms with Gasteiger partial charge in [0.1, 0.15) is 5.82 Å². The number of aromatic nitrogens is 3. The molecule has 2 atom stereocenters. The first-order chi connectivity index (χ1) is 8.42. The molecule has 2 fully saturated rings. The largest absolute Gasteiger partial charge is 0.381 e. The highest BCUT2D eigenvalue weighted by atomic mass is 16.5. The highest BCUT2D eigenvalue weighted by Crippen LogP contribution is 2.22. The summed E-state index contributed by atoms with van der Waals surface area (Å²) in [6, 6.07) is 0.573. The van der Waals surface area contributed by atoms with Gasteiger partial charge in [0.15, 0.2) is 5.82 Å². The molecular weight excluding hydrogens is 216 g/mol. The highest BCUT2D eigenvalue weighted by Gasteiger charge is 2.22. The number of nitrogens with one attached hydrogen (secondary N) is 2. The van der Waals surface area contributed by atoms with Crippen LogP contribution >= 0.6 is 0 Å². The summed E-state index contributed by atoms with van der Waals surface area (Å²) < 4.78 is 5.36. The summed E-state index contributed by atoms with van der Waals surface area (Å²) in [4.78, 5) is 4.60. The Bertz CT molecular complexity index is 353. The van der Waals surface area contributed by atoms with E-state index in [9.17, 15) is 0 Å². The van der Waals surface area contributed by atoms with Crippen molar-refractivity contribution >= 4 is 0 Å². The average molecular weight is 236 g/mol. The number of ether oxygens (including phenoxy) is 1. The van der Waals surface area contributed by atoms with E-state index in [2.05, 4.69) is 20.5 Å². The molecule has 0 spiro atoms. The summed E-state index contributed by atoms with van der Waals surface area (Å²) in [5.41, 5.74) is 0. The van der Waals surface area contributed by atoms with Gasteiger partial charge in [0.05, 0.1) is 6.61 Å². The smallest absolute Gasteiger partial charge is 0.156 e. The predicted octanol–water partition coefficient (Wildman–Crippen LogP) is 0.993. The lowest BCUT2D eigenvalue weighted by atomic mass is 10.0. The van der Waals surface area contributed by atoms with Crippen LogP contribution in [0.4, 0.5) is 0 Å². The molecule has 17 heavy (non-hydrogen) atoms. The molecule has 0 aromatic carbocycles. The topological polar surface area (TPSA) is 62.8 Å². The van der Waals surface area contributed by atoms with E-state index in [0.717, 1.165) is 44.2 Å². The fraction of sp³-hybridized carbons (Fsp3) is 0.833. The first-order valence-corrected chi connectivity index (χ1v) is 6.64. The number of piperidine rings is 1. The van der Waals surface area contributed by atoms with Crippen LogP contribution in [0.2, 0.25) is 0 Å². The lowest BCUT2D eigenvalue weighted by molar-refractivity contribution is 0.193. The van der Waals surface area contributed by atoms with Crippen LogP contribution in [0.1, 0.15) is 43.3 Å². The lowest BCUT2D eigenvalue weighted by Crippen LogP contribution is -2.35. The Morgan fingerprint density at radius 2 is 2.29 bits per heavy atom. The Morgan fingerprint density at radius 3 is 3.06 bits per heavy atom. The Morgan fingerprint density at radius 1 is 1.29 bits per heavy atom. The van der Waals surface area contributed by atoms with E-state index in [1.165, 1.54) is 19.3 Å². The minimum atomic E-state index is 0.402. The second-order valence-electron chi connectivity index (χ2n) is 5.05. The summed E-state index contributed by atoms with van der Waals surface area (Å²) in [7, 11) is 0. The van der Waals surface area contributed by atoms with Crippen molar-refractivity contribution in [2.45, 2.75) is 44.1 Å². The Balaban J connectivity index is 1.59. The third-order valence-corrected chi connectivity index (χ3v) is 3.70. The summed E-state index contributed by atoms with van der Waals surface area (Å²) in [6.45, 7) is 2.76. The summed E-state index contributed by atoms with van der Waals surface area (Å²) >= 11 is 0. The van der Waals surface area contributed by atoms with Gasteiger partial charge >= 0.3 is 0 Å². The van der Waals surface area contributed by atoms with Gasteiger partial charge in [0, 0.05) is 25.0 Å². The summed E-state index contributed by atoms with van der Waals surface area (Å²) in [5, 5.41) is 10.9. The van der Waals surface area contributed by atoms with Gasteiger partial charge in [-0.15, -0.1) is 0 Å². The van der Waals surface area contributed by atoms with Crippen molar-refractivity contribution in [3.63, 3.8) is 0 Å². The van der Waals surface area contributed by atoms with Crippen molar-refractivity contribution in [3.05, 3.63) is 11.6 Å². The van der Waals surface area contributed by atoms with E-state index in [1.807, 2.05) is 0 Å². The zero-order chi connectivity index (χ0) is 11.5. The Hall–Kier alpha value is -0.940. The van der Waals surface area contributed by atoms with Crippen LogP contribution in [0.5, 0.6) is 0 Å². The number of aromatic amines is 1. The Kier molecular flexibility index (Phi) is 3.38. The van der Waals surface area contributed by atoms with E-state index in [1.54, 1.807) is 0 Å². The minimum absolute atomic E-state index is 0.402. The molecule has 2 saturated heterocycles. The molecule has 5 nitrogen and oxygen atoms in total. The maximum absolute atomic E-state index is 5.36. The van der Waals surface area contributed by atoms with Gasteiger partial charge in [-0.1, -0.05) is 6.42 Å². The summed E-state index contributed by atoms with van der Waals surface area (Å²) in [6.07, 6.45) is 5.91. The number of hydrogen-bond donors (Lipinski definition) is 2. The molecule has 0 amide bonds. The molecule has 3 heterocycles. The van der Waals surface area contributed by atoms with Crippen molar-refractivity contribution in [2.24, 2.45) is 0 Å². The average Bonchev–Trinajstić information content (AvgIpc) is 3.00. The van der Waals surface area contributed by atoms with Crippen LogP contribution in [0.25, 0.3) is 0 Å². The van der Waals surface area contributed by atoms with Gasteiger partial charge in [-0.25, -0.2) is 4.98 Å². The SMILES string of the molecule is C1CCC(Cc2nc(C3CCOC3)n[nH]2)NC1. The molecule has 0 bridgehead atoms. The van der Waals surface area contributed by atoms with E-state index in [-0.39, 0.29) is 0 Å². The second-order valence-corrected chi connectivity index (χ2v) is 5.05. The number of rotatable bonds is 3. The standard InChI is InChI=1S/C12H20N4O/c1-2-5-13-10(3-1)7-11-14-12(16-15-11)9-4-6-17-8-9/h9-10,13H,1-8H2,(H,14,15,16). The molecular formula is C12H20N4O. The van der Waals surface area contributed by atoms with Crippen molar-refractivity contribution in [1.29, 1.82) is 0 Å². The number of H-pyrrole nitrogens is 1. The number of hydrogen-bond acceptors (Lipinski definition) is 4. The van der Waals surface area contributed by atoms with Gasteiger partial charge in [0.25, 0.3) is 0 Å². The van der Waals surface area contributed by atoms with E-state index >= 15 is 0 Å². The van der Waals surface area contributed by atoms with Crippen LogP contribution in [0.3, 0.4) is 0 Å². The van der Waals surface area contributed by atoms with Gasteiger partial charge in [0.2, 0.25) is 0 Å². The van der Waals surface area contributed by atoms with Gasteiger partial charge < -0.3 is 10.1 Å². The molecule has 94 valence electrons. The predicted molar refractivity (Wildman–Crippen MR) is 63.9 cm³/mol. The van der Waals surface area contributed by atoms with E-state index in [0.29, 0.717) is 12.0 Å². The molecule has 2 unspecified atom stereocenters. The fourth-order valence-electron chi connectivity index (χ4n) is 2.65. The maximum atomic E-state index is 5.36. The van der Waals surface area contributed by atoms with E-state index in [4.69, 9.17) is 4.74 Å². The first-order valence-electron chi connectivity index (χ1n) is 6.64. The molecule has 0 aliphatic carbocycles. The zero-order valence-corrected chi connectivity index (χ0v) is 10.1. The molecule has 0 saturated carbocycles. The number of nitrogens with zero attached hydrogens (tertiary/aromatic N) is 2. The van der Waals surface area contributed by atoms with Crippen molar-refractivity contribution in [2.75, 3.05) is 19.8 Å². The van der Waals surface area contributed by atoms with Crippen LogP contribution in [-0.4, -0.2) is 41.0 Å². The maximum Gasteiger partial charge on any atom is 0.156 e. The van der Waals surface area contributed by atoms with Crippen molar-refractivity contribution < 1.29 is 4.74 Å². The molecule has 1 aromatic heterocycles. The monoisotopic (exact) mass is 236 g/mol. The van der Waals surface area contributed by atoms with Crippen LogP contribution in [0, 0.1) is 0 Å². The third-order valence-electron chi connectivity index (χ3n) is 3.70. The third kappa shape index (κ3) is 2.66. The van der Waals surface area contributed by atoms with Crippen LogP contribution in [0.15, 0.2) is 0 Å². The van der Waals surface area contributed by atoms with Gasteiger partial charge in [-0.2, -0.15) is 5.10 Å². The minimum Gasteiger partial charge on any atom is -0.381 e. The Labute approximate surface area is 101 Å². The van der Waals surface area contributed by atoms with Crippen LogP contribution in [-0.2, 0) is 11.2 Å².